The summed E-state index contributed by atoms with van der Waals surface area (Å²) in [4.78, 5) is 20.7. The van der Waals surface area contributed by atoms with Crippen molar-refractivity contribution in [2.24, 2.45) is 28.8 Å². The van der Waals surface area contributed by atoms with Gasteiger partial charge >= 0.3 is 5.69 Å². The molecule has 8 nitrogen and oxygen atoms in total. The number of anilines is 1. The first-order valence-corrected chi connectivity index (χ1v) is 8.27. The molecule has 0 radical (unpaired) electrons. The van der Waals surface area contributed by atoms with E-state index in [2.05, 4.69) is 10.5 Å². The van der Waals surface area contributed by atoms with Crippen molar-refractivity contribution in [2.45, 2.75) is 32.1 Å². The first-order valence-electron chi connectivity index (χ1n) is 8.27. The van der Waals surface area contributed by atoms with E-state index in [4.69, 9.17) is 0 Å². The van der Waals surface area contributed by atoms with Crippen LogP contribution in [-0.4, -0.2) is 15.6 Å². The van der Waals surface area contributed by atoms with E-state index in [1.165, 1.54) is 44.2 Å². The molecule has 0 amide bonds. The minimum absolute atomic E-state index is 0.201. The molecular weight excluding hydrogens is 312 g/mol. The van der Waals surface area contributed by atoms with Gasteiger partial charge < -0.3 is 0 Å². The zero-order chi connectivity index (χ0) is 16.8. The van der Waals surface area contributed by atoms with Crippen molar-refractivity contribution >= 4 is 22.8 Å². The first kappa shape index (κ1) is 15.0. The molecule has 4 aliphatic rings. The number of hydrogen-bond donors (Lipinski definition) is 1. The second-order valence-corrected chi connectivity index (χ2v) is 7.17. The summed E-state index contributed by atoms with van der Waals surface area (Å²) in [6.45, 7) is 0. The molecule has 4 saturated carbocycles. The Morgan fingerprint density at radius 3 is 2.12 bits per heavy atom. The predicted molar refractivity (Wildman–Crippen MR) is 87.9 cm³/mol. The number of nitrogens with one attached hydrogen (secondary N) is 1. The number of hydrogen-bond acceptors (Lipinski definition) is 6. The number of nitrogens with zero attached hydrogens (tertiary/aromatic N) is 3. The van der Waals surface area contributed by atoms with E-state index in [1.807, 2.05) is 0 Å². The molecule has 8 heteroatoms. The maximum absolute atomic E-state index is 11.2. The van der Waals surface area contributed by atoms with Crippen molar-refractivity contribution in [3.8, 4) is 0 Å². The highest BCUT2D eigenvalue weighted by molar-refractivity contribution is 5.91. The molecule has 0 heterocycles. The zero-order valence-corrected chi connectivity index (χ0v) is 13.1. The second-order valence-electron chi connectivity index (χ2n) is 7.17. The molecule has 1 aromatic carbocycles. The fourth-order valence-corrected chi connectivity index (χ4v) is 4.85. The Balaban J connectivity index is 1.59. The number of rotatable bonds is 4. The molecule has 126 valence electrons. The van der Waals surface area contributed by atoms with Gasteiger partial charge in [-0.05, 0) is 61.8 Å². The molecule has 0 aromatic heterocycles. The summed E-state index contributed by atoms with van der Waals surface area (Å²) in [6.07, 6.45) is 6.05. The highest BCUT2D eigenvalue weighted by atomic mass is 16.6. The molecule has 0 aliphatic heterocycles. The highest BCUT2D eigenvalue weighted by Gasteiger charge is 2.46. The van der Waals surface area contributed by atoms with Crippen LogP contribution in [0.15, 0.2) is 23.3 Å². The third-order valence-electron chi connectivity index (χ3n) is 5.67. The van der Waals surface area contributed by atoms with Gasteiger partial charge in [0, 0.05) is 11.8 Å². The number of hydrazone groups is 1. The summed E-state index contributed by atoms with van der Waals surface area (Å²) in [6, 6.07) is 3.59. The van der Waals surface area contributed by atoms with E-state index in [0.29, 0.717) is 11.8 Å². The normalized spacial score (nSPS) is 30.2. The topological polar surface area (TPSA) is 111 Å². The van der Waals surface area contributed by atoms with E-state index >= 15 is 0 Å². The van der Waals surface area contributed by atoms with Gasteiger partial charge in [-0.15, -0.1) is 0 Å². The lowest BCUT2D eigenvalue weighted by Gasteiger charge is -2.50. The number of nitro groups is 2. The summed E-state index contributed by atoms with van der Waals surface area (Å²) in [5.41, 5.74) is 3.53. The van der Waals surface area contributed by atoms with Gasteiger partial charge in [0.1, 0.15) is 5.69 Å². The minimum Gasteiger partial charge on any atom is -0.272 e. The highest BCUT2D eigenvalue weighted by Crippen LogP contribution is 2.52. The Hall–Kier alpha value is -2.51. The molecule has 5 rings (SSSR count). The Labute approximate surface area is 138 Å². The van der Waals surface area contributed by atoms with Crippen LogP contribution >= 0.6 is 0 Å². The van der Waals surface area contributed by atoms with Crippen molar-refractivity contribution in [3.63, 3.8) is 0 Å². The summed E-state index contributed by atoms with van der Waals surface area (Å²) in [7, 11) is 0. The van der Waals surface area contributed by atoms with Gasteiger partial charge in [0.15, 0.2) is 0 Å². The second kappa shape index (κ2) is 5.54. The van der Waals surface area contributed by atoms with E-state index in [9.17, 15) is 20.2 Å². The van der Waals surface area contributed by atoms with Gasteiger partial charge in [0.25, 0.3) is 5.69 Å². The summed E-state index contributed by atoms with van der Waals surface area (Å²) >= 11 is 0. The van der Waals surface area contributed by atoms with Crippen LogP contribution in [0.4, 0.5) is 17.1 Å². The molecule has 4 aliphatic carbocycles. The average Bonchev–Trinajstić information content (AvgIpc) is 2.53. The summed E-state index contributed by atoms with van der Waals surface area (Å²) in [5, 5.41) is 26.5. The molecule has 0 saturated heterocycles. The van der Waals surface area contributed by atoms with Crippen molar-refractivity contribution in [1.82, 2.24) is 0 Å². The van der Waals surface area contributed by atoms with Crippen LogP contribution in [0.5, 0.6) is 0 Å². The van der Waals surface area contributed by atoms with Gasteiger partial charge in [0.2, 0.25) is 0 Å². The minimum atomic E-state index is -0.638. The lowest BCUT2D eigenvalue weighted by molar-refractivity contribution is -0.393. The Morgan fingerprint density at radius 2 is 1.58 bits per heavy atom. The quantitative estimate of drug-likeness (QED) is 0.668. The van der Waals surface area contributed by atoms with Crippen LogP contribution < -0.4 is 5.43 Å². The van der Waals surface area contributed by atoms with Crippen molar-refractivity contribution < 1.29 is 9.85 Å². The van der Waals surface area contributed by atoms with Crippen LogP contribution in [0.25, 0.3) is 0 Å². The molecule has 4 bridgehead atoms. The fraction of sp³-hybridized carbons (Fsp3) is 0.562. The van der Waals surface area contributed by atoms with Crippen molar-refractivity contribution in [2.75, 3.05) is 5.43 Å². The molecule has 24 heavy (non-hydrogen) atoms. The van der Waals surface area contributed by atoms with E-state index < -0.39 is 9.85 Å². The fourth-order valence-electron chi connectivity index (χ4n) is 4.85. The monoisotopic (exact) mass is 330 g/mol. The maximum Gasteiger partial charge on any atom is 0.301 e. The van der Waals surface area contributed by atoms with Crippen LogP contribution in [0.3, 0.4) is 0 Å². The molecule has 0 spiro atoms. The molecule has 1 N–H and O–H groups in total. The van der Waals surface area contributed by atoms with Gasteiger partial charge in [-0.3, -0.25) is 25.7 Å². The smallest absolute Gasteiger partial charge is 0.272 e. The summed E-state index contributed by atoms with van der Waals surface area (Å²) < 4.78 is 0. The Kier molecular flexibility index (Phi) is 3.47. The maximum atomic E-state index is 11.2. The van der Waals surface area contributed by atoms with Crippen LogP contribution in [0.2, 0.25) is 0 Å². The molecule has 0 unspecified atom stereocenters. The SMILES string of the molecule is O=[N+]([O-])c1ccc(NN=C2C3CC4CC(C3)CC2C4)c([N+](=O)[O-])c1. The van der Waals surface area contributed by atoms with Crippen LogP contribution in [0.1, 0.15) is 32.1 Å². The van der Waals surface area contributed by atoms with Crippen LogP contribution in [-0.2, 0) is 0 Å². The van der Waals surface area contributed by atoms with Gasteiger partial charge in [0.05, 0.1) is 15.9 Å². The molecule has 0 atom stereocenters. The van der Waals surface area contributed by atoms with Crippen molar-refractivity contribution in [1.29, 1.82) is 0 Å². The van der Waals surface area contributed by atoms with E-state index in [1.54, 1.807) is 0 Å². The van der Waals surface area contributed by atoms with Gasteiger partial charge in [-0.2, -0.15) is 5.10 Å². The van der Waals surface area contributed by atoms with Crippen LogP contribution in [0, 0.1) is 43.9 Å². The van der Waals surface area contributed by atoms with E-state index in [0.717, 1.165) is 23.6 Å². The number of benzene rings is 1. The molecular formula is C16H18N4O4. The lowest BCUT2D eigenvalue weighted by Crippen LogP contribution is -2.45. The average molecular weight is 330 g/mol. The largest absolute Gasteiger partial charge is 0.301 e. The van der Waals surface area contributed by atoms with E-state index in [-0.39, 0.29) is 17.1 Å². The van der Waals surface area contributed by atoms with Crippen molar-refractivity contribution in [3.05, 3.63) is 38.4 Å². The Morgan fingerprint density at radius 1 is 0.958 bits per heavy atom. The zero-order valence-electron chi connectivity index (χ0n) is 13.1. The lowest BCUT2D eigenvalue weighted by atomic mass is 9.55. The predicted octanol–water partition coefficient (Wildman–Crippen LogP) is 3.73. The third-order valence-corrected chi connectivity index (χ3v) is 5.67. The van der Waals surface area contributed by atoms with Gasteiger partial charge in [-0.25, -0.2) is 0 Å². The standard InChI is InChI=1S/C16H18N4O4/c21-19(22)13-1-2-14(15(8-13)20(23)24)17-18-16-11-4-9-3-10(6-11)7-12(16)5-9/h1-2,8-12,17H,3-7H2. The summed E-state index contributed by atoms with van der Waals surface area (Å²) in [5.74, 6) is 2.62. The molecule has 1 aromatic rings. The third kappa shape index (κ3) is 2.51. The first-order chi connectivity index (χ1) is 11.5. The molecule has 4 fully saturated rings. The number of non-ortho nitro benzene ring substituents is 1. The van der Waals surface area contributed by atoms with Gasteiger partial charge in [-0.1, -0.05) is 0 Å². The number of nitro benzene ring substituents is 2. The Bertz CT molecular complexity index is 716.